The number of sulfonamides is 1. The summed E-state index contributed by atoms with van der Waals surface area (Å²) in [6.07, 6.45) is 1.18. The number of aryl methyl sites for hydroxylation is 1. The lowest BCUT2D eigenvalue weighted by molar-refractivity contribution is -0.118. The van der Waals surface area contributed by atoms with E-state index < -0.39 is 10.0 Å². The molecule has 0 spiro atoms. The van der Waals surface area contributed by atoms with E-state index in [0.717, 1.165) is 22.4 Å². The maximum absolute atomic E-state index is 12.3. The zero-order valence-electron chi connectivity index (χ0n) is 17.8. The first-order valence-corrected chi connectivity index (χ1v) is 11.7. The predicted octanol–water partition coefficient (Wildman–Crippen LogP) is 4.29. The van der Waals surface area contributed by atoms with Crippen LogP contribution in [0.25, 0.3) is 0 Å². The molecule has 0 atom stereocenters. The Morgan fingerprint density at radius 2 is 1.61 bits per heavy atom. The van der Waals surface area contributed by atoms with E-state index >= 15 is 0 Å². The van der Waals surface area contributed by atoms with Gasteiger partial charge in [0.1, 0.15) is 5.75 Å². The number of nitrogens with zero attached hydrogens (tertiary/aromatic N) is 1. The smallest absolute Gasteiger partial charge is 0.262 e. The minimum absolute atomic E-state index is 0.146. The summed E-state index contributed by atoms with van der Waals surface area (Å²) in [6, 6.07) is 21.8. The molecule has 0 saturated carbocycles. The Hall–Kier alpha value is -3.32. The zero-order chi connectivity index (χ0) is 22.4. The van der Waals surface area contributed by atoms with Crippen molar-refractivity contribution in [3.05, 3.63) is 89.5 Å². The number of amides is 1. The topological polar surface area (TPSA) is 75.7 Å². The van der Waals surface area contributed by atoms with Gasteiger partial charge in [-0.3, -0.25) is 9.10 Å². The van der Waals surface area contributed by atoms with Crippen molar-refractivity contribution in [2.24, 2.45) is 0 Å². The highest BCUT2D eigenvalue weighted by molar-refractivity contribution is 7.92. The normalized spacial score (nSPS) is 11.1. The largest absolute Gasteiger partial charge is 0.484 e. The Labute approximate surface area is 183 Å². The number of anilines is 2. The van der Waals surface area contributed by atoms with Crippen LogP contribution in [-0.2, 0) is 21.4 Å². The molecule has 0 aromatic heterocycles. The summed E-state index contributed by atoms with van der Waals surface area (Å²) in [6.45, 7) is 4.03. The molecule has 7 heteroatoms. The van der Waals surface area contributed by atoms with Gasteiger partial charge >= 0.3 is 0 Å². The number of hydrogen-bond acceptors (Lipinski definition) is 4. The lowest BCUT2D eigenvalue weighted by Crippen LogP contribution is -2.29. The Morgan fingerprint density at radius 3 is 2.26 bits per heavy atom. The molecule has 3 aromatic carbocycles. The van der Waals surface area contributed by atoms with Gasteiger partial charge in [0.2, 0.25) is 10.0 Å². The molecule has 162 valence electrons. The van der Waals surface area contributed by atoms with Crippen LogP contribution in [0.4, 0.5) is 11.4 Å². The molecule has 1 amide bonds. The maximum Gasteiger partial charge on any atom is 0.262 e. The van der Waals surface area contributed by atoms with Crippen molar-refractivity contribution in [3.8, 4) is 5.75 Å². The molecule has 6 nitrogen and oxygen atoms in total. The Morgan fingerprint density at radius 1 is 0.935 bits per heavy atom. The fourth-order valence-electron chi connectivity index (χ4n) is 3.08. The molecule has 31 heavy (non-hydrogen) atoms. The minimum Gasteiger partial charge on any atom is -0.484 e. The third-order valence-corrected chi connectivity index (χ3v) is 6.08. The summed E-state index contributed by atoms with van der Waals surface area (Å²) in [5.41, 5.74) is 4.28. The first-order chi connectivity index (χ1) is 14.7. The predicted molar refractivity (Wildman–Crippen MR) is 124 cm³/mol. The third kappa shape index (κ3) is 6.08. The van der Waals surface area contributed by atoms with Crippen molar-refractivity contribution in [2.75, 3.05) is 22.5 Å². The van der Waals surface area contributed by atoms with Crippen molar-refractivity contribution in [3.63, 3.8) is 0 Å². The Kier molecular flexibility index (Phi) is 6.97. The van der Waals surface area contributed by atoms with E-state index in [4.69, 9.17) is 4.74 Å². The minimum atomic E-state index is -3.47. The monoisotopic (exact) mass is 438 g/mol. The second kappa shape index (κ2) is 9.66. The van der Waals surface area contributed by atoms with Gasteiger partial charge in [-0.2, -0.15) is 0 Å². The van der Waals surface area contributed by atoms with Crippen molar-refractivity contribution in [1.82, 2.24) is 0 Å². The molecule has 0 bridgehead atoms. The van der Waals surface area contributed by atoms with Gasteiger partial charge in [-0.15, -0.1) is 0 Å². The standard InChI is InChI=1S/C24H26N2O4S/c1-18-8-7-11-23(19(18)2)25-24(27)17-30-22-14-12-21(13-15-22)26(31(3,28)29)16-20-9-5-4-6-10-20/h4-15H,16-17H2,1-3H3,(H,25,27). The summed E-state index contributed by atoms with van der Waals surface area (Å²) in [4.78, 5) is 12.2. The third-order valence-electron chi connectivity index (χ3n) is 4.94. The van der Waals surface area contributed by atoms with E-state index in [1.807, 2.05) is 62.4 Å². The van der Waals surface area contributed by atoms with Gasteiger partial charge in [0.15, 0.2) is 6.61 Å². The quantitative estimate of drug-likeness (QED) is 0.569. The number of carbonyl (C=O) groups excluding carboxylic acids is 1. The second-order valence-corrected chi connectivity index (χ2v) is 9.24. The Bertz CT molecular complexity index is 1140. The van der Waals surface area contributed by atoms with Gasteiger partial charge in [0.25, 0.3) is 5.91 Å². The van der Waals surface area contributed by atoms with Gasteiger partial charge in [0.05, 0.1) is 18.5 Å². The van der Waals surface area contributed by atoms with E-state index in [9.17, 15) is 13.2 Å². The van der Waals surface area contributed by atoms with Gasteiger partial charge in [0, 0.05) is 5.69 Å². The average Bonchev–Trinajstić information content (AvgIpc) is 2.74. The van der Waals surface area contributed by atoms with Crippen LogP contribution in [0.3, 0.4) is 0 Å². The molecule has 3 rings (SSSR count). The fourth-order valence-corrected chi connectivity index (χ4v) is 3.97. The number of rotatable bonds is 8. The molecular weight excluding hydrogens is 412 g/mol. The molecule has 3 aromatic rings. The molecular formula is C24H26N2O4S. The number of hydrogen-bond donors (Lipinski definition) is 1. The summed E-state index contributed by atoms with van der Waals surface area (Å²) < 4.78 is 31.5. The summed E-state index contributed by atoms with van der Waals surface area (Å²) in [5.74, 6) is 0.215. The van der Waals surface area contributed by atoms with Crippen LogP contribution in [0.5, 0.6) is 5.75 Å². The van der Waals surface area contributed by atoms with Crippen LogP contribution in [0.1, 0.15) is 16.7 Å². The highest BCUT2D eigenvalue weighted by atomic mass is 32.2. The number of ether oxygens (including phenoxy) is 1. The molecule has 0 saturated heterocycles. The molecule has 0 unspecified atom stereocenters. The van der Waals surface area contributed by atoms with Crippen molar-refractivity contribution >= 4 is 27.3 Å². The molecule has 0 aliphatic carbocycles. The van der Waals surface area contributed by atoms with Crippen molar-refractivity contribution in [1.29, 1.82) is 0 Å². The number of benzene rings is 3. The summed E-state index contributed by atoms with van der Waals surface area (Å²) in [5, 5.41) is 2.85. The van der Waals surface area contributed by atoms with Gasteiger partial charge in [-0.05, 0) is 60.9 Å². The summed E-state index contributed by atoms with van der Waals surface area (Å²) >= 11 is 0. The molecule has 0 heterocycles. The van der Waals surface area contributed by atoms with E-state index in [0.29, 0.717) is 11.4 Å². The lowest BCUT2D eigenvalue weighted by atomic mass is 10.1. The molecule has 0 radical (unpaired) electrons. The fraction of sp³-hybridized carbons (Fsp3) is 0.208. The Balaban J connectivity index is 1.64. The highest BCUT2D eigenvalue weighted by Crippen LogP contribution is 2.24. The van der Waals surface area contributed by atoms with Crippen LogP contribution in [0.15, 0.2) is 72.8 Å². The zero-order valence-corrected chi connectivity index (χ0v) is 18.6. The van der Waals surface area contributed by atoms with E-state index in [2.05, 4.69) is 5.32 Å². The molecule has 1 N–H and O–H groups in total. The highest BCUT2D eigenvalue weighted by Gasteiger charge is 2.18. The summed E-state index contributed by atoms with van der Waals surface area (Å²) in [7, 11) is -3.47. The van der Waals surface area contributed by atoms with Gasteiger partial charge in [-0.1, -0.05) is 42.5 Å². The maximum atomic E-state index is 12.3. The molecule has 0 fully saturated rings. The van der Waals surface area contributed by atoms with Gasteiger partial charge < -0.3 is 10.1 Å². The van der Waals surface area contributed by atoms with E-state index in [-0.39, 0.29) is 19.1 Å². The van der Waals surface area contributed by atoms with Crippen LogP contribution >= 0.6 is 0 Å². The SMILES string of the molecule is Cc1cccc(NC(=O)COc2ccc(N(Cc3ccccc3)S(C)(=O)=O)cc2)c1C. The van der Waals surface area contributed by atoms with Crippen LogP contribution in [-0.4, -0.2) is 27.2 Å². The molecule has 0 aliphatic rings. The first kappa shape index (κ1) is 22.4. The van der Waals surface area contributed by atoms with Crippen molar-refractivity contribution in [2.45, 2.75) is 20.4 Å². The van der Waals surface area contributed by atoms with Crippen LogP contribution in [0.2, 0.25) is 0 Å². The molecule has 0 aliphatic heterocycles. The lowest BCUT2D eigenvalue weighted by Gasteiger charge is -2.22. The van der Waals surface area contributed by atoms with E-state index in [1.54, 1.807) is 24.3 Å². The van der Waals surface area contributed by atoms with Crippen LogP contribution in [0, 0.1) is 13.8 Å². The van der Waals surface area contributed by atoms with E-state index in [1.165, 1.54) is 10.6 Å². The number of nitrogens with one attached hydrogen (secondary N) is 1. The number of carbonyl (C=O) groups is 1. The van der Waals surface area contributed by atoms with Gasteiger partial charge in [-0.25, -0.2) is 8.42 Å². The first-order valence-electron chi connectivity index (χ1n) is 9.84. The van der Waals surface area contributed by atoms with Crippen LogP contribution < -0.4 is 14.4 Å². The second-order valence-electron chi connectivity index (χ2n) is 7.33. The van der Waals surface area contributed by atoms with Crippen molar-refractivity contribution < 1.29 is 17.9 Å². The average molecular weight is 439 g/mol.